The Hall–Kier alpha value is -1.40. The second-order valence-electron chi connectivity index (χ2n) is 7.87. The number of nitrogens with zero attached hydrogens (tertiary/aromatic N) is 2. The number of ether oxygens (including phenoxy) is 1. The molecule has 2 aromatic rings. The van der Waals surface area contributed by atoms with E-state index in [-0.39, 0.29) is 0 Å². The molecule has 4 rings (SSSR count). The summed E-state index contributed by atoms with van der Waals surface area (Å²) in [5, 5.41) is 22.9. The maximum Gasteiger partial charge on any atom is 0.129 e. The van der Waals surface area contributed by atoms with Crippen LogP contribution in [0.15, 0.2) is 24.3 Å². The molecule has 26 heavy (non-hydrogen) atoms. The standard InChI is InChI=1S/C20H25ClN2O3/c1-13-11-17(22-16-4-3-14(21)12-15(13)16)23-8-5-20(6-9-23)18(24)19(2,25)7-10-26-20/h3-4,11-12,18,24-25H,5-10H2,1-2H3/t18-,19+/m0/s1. The summed E-state index contributed by atoms with van der Waals surface area (Å²) in [6, 6.07) is 7.85. The van der Waals surface area contributed by atoms with E-state index in [0.717, 1.165) is 35.4 Å². The van der Waals surface area contributed by atoms with Crippen LogP contribution in [0.5, 0.6) is 0 Å². The third-order valence-corrected chi connectivity index (χ3v) is 6.22. The molecule has 2 atom stereocenters. The van der Waals surface area contributed by atoms with Crippen molar-refractivity contribution in [1.82, 2.24) is 4.98 Å². The summed E-state index contributed by atoms with van der Waals surface area (Å²) in [6.45, 7) is 5.73. The third-order valence-electron chi connectivity index (χ3n) is 5.98. The number of pyridine rings is 1. The Bertz CT molecular complexity index is 831. The van der Waals surface area contributed by atoms with Crippen LogP contribution < -0.4 is 4.90 Å². The van der Waals surface area contributed by atoms with Crippen LogP contribution in [-0.2, 0) is 4.74 Å². The van der Waals surface area contributed by atoms with Gasteiger partial charge in [-0.05, 0) is 56.5 Å². The summed E-state index contributed by atoms with van der Waals surface area (Å²) < 4.78 is 5.97. The summed E-state index contributed by atoms with van der Waals surface area (Å²) in [4.78, 5) is 7.02. The molecule has 0 aliphatic carbocycles. The largest absolute Gasteiger partial charge is 0.387 e. The van der Waals surface area contributed by atoms with Crippen LogP contribution in [0.2, 0.25) is 5.02 Å². The average molecular weight is 377 g/mol. The predicted octanol–water partition coefficient (Wildman–Crippen LogP) is 3.07. The fraction of sp³-hybridized carbons (Fsp3) is 0.550. The van der Waals surface area contributed by atoms with Gasteiger partial charge in [-0.2, -0.15) is 0 Å². The summed E-state index contributed by atoms with van der Waals surface area (Å²) in [5.74, 6) is 0.934. The smallest absolute Gasteiger partial charge is 0.129 e. The molecule has 1 aromatic heterocycles. The lowest BCUT2D eigenvalue weighted by atomic mass is 9.75. The second-order valence-corrected chi connectivity index (χ2v) is 8.31. The van der Waals surface area contributed by atoms with Crippen molar-refractivity contribution in [3.8, 4) is 0 Å². The number of rotatable bonds is 1. The Morgan fingerprint density at radius 3 is 2.69 bits per heavy atom. The summed E-state index contributed by atoms with van der Waals surface area (Å²) in [5.41, 5.74) is 0.334. The molecule has 0 saturated carbocycles. The lowest BCUT2D eigenvalue weighted by molar-refractivity contribution is -0.239. The molecule has 2 fully saturated rings. The van der Waals surface area contributed by atoms with Crippen molar-refractivity contribution in [2.45, 2.75) is 50.4 Å². The fourth-order valence-electron chi connectivity index (χ4n) is 4.29. The Kier molecular flexibility index (Phi) is 4.39. The minimum Gasteiger partial charge on any atom is -0.387 e. The summed E-state index contributed by atoms with van der Waals surface area (Å²) >= 11 is 6.10. The molecule has 0 bridgehead atoms. The van der Waals surface area contributed by atoms with Gasteiger partial charge in [-0.25, -0.2) is 4.98 Å². The molecule has 0 unspecified atom stereocenters. The first-order chi connectivity index (χ1) is 12.3. The topological polar surface area (TPSA) is 65.8 Å². The van der Waals surface area contributed by atoms with Crippen molar-refractivity contribution < 1.29 is 14.9 Å². The van der Waals surface area contributed by atoms with E-state index < -0.39 is 17.3 Å². The van der Waals surface area contributed by atoms with E-state index in [2.05, 4.69) is 17.9 Å². The molecule has 1 spiro atoms. The number of aromatic nitrogens is 1. The van der Waals surface area contributed by atoms with Crippen LogP contribution in [-0.4, -0.2) is 52.2 Å². The number of piperidine rings is 1. The highest BCUT2D eigenvalue weighted by atomic mass is 35.5. The molecular weight excluding hydrogens is 352 g/mol. The molecule has 1 aromatic carbocycles. The van der Waals surface area contributed by atoms with E-state index in [0.29, 0.717) is 30.9 Å². The van der Waals surface area contributed by atoms with E-state index >= 15 is 0 Å². The first-order valence-electron chi connectivity index (χ1n) is 9.17. The molecule has 6 heteroatoms. The van der Waals surface area contributed by atoms with Gasteiger partial charge in [-0.15, -0.1) is 0 Å². The molecule has 3 heterocycles. The van der Waals surface area contributed by atoms with Gasteiger partial charge < -0.3 is 19.8 Å². The maximum atomic E-state index is 10.7. The molecule has 0 amide bonds. The van der Waals surface area contributed by atoms with Crippen molar-refractivity contribution in [2.24, 2.45) is 0 Å². The van der Waals surface area contributed by atoms with Crippen LogP contribution in [0.1, 0.15) is 31.7 Å². The highest BCUT2D eigenvalue weighted by Gasteiger charge is 2.52. The van der Waals surface area contributed by atoms with Crippen LogP contribution >= 0.6 is 11.6 Å². The van der Waals surface area contributed by atoms with Gasteiger partial charge in [-0.3, -0.25) is 0 Å². The van der Waals surface area contributed by atoms with Crippen LogP contribution in [0.4, 0.5) is 5.82 Å². The number of hydrogen-bond acceptors (Lipinski definition) is 5. The van der Waals surface area contributed by atoms with Gasteiger partial charge >= 0.3 is 0 Å². The van der Waals surface area contributed by atoms with Crippen molar-refractivity contribution in [3.05, 3.63) is 34.9 Å². The molecule has 0 radical (unpaired) electrons. The average Bonchev–Trinajstić information content (AvgIpc) is 2.61. The van der Waals surface area contributed by atoms with E-state index in [1.165, 1.54) is 0 Å². The number of hydrogen-bond donors (Lipinski definition) is 2. The number of aliphatic hydroxyl groups excluding tert-OH is 1. The first-order valence-corrected chi connectivity index (χ1v) is 9.55. The van der Waals surface area contributed by atoms with Crippen LogP contribution in [0.3, 0.4) is 0 Å². The van der Waals surface area contributed by atoms with Gasteiger partial charge in [0.2, 0.25) is 0 Å². The zero-order chi connectivity index (χ0) is 18.5. The quantitative estimate of drug-likeness (QED) is 0.800. The molecule has 2 saturated heterocycles. The molecule has 2 aliphatic heterocycles. The van der Waals surface area contributed by atoms with Gasteiger partial charge in [0.25, 0.3) is 0 Å². The number of aliphatic hydroxyl groups is 2. The lowest BCUT2D eigenvalue weighted by Gasteiger charge is -2.51. The summed E-state index contributed by atoms with van der Waals surface area (Å²) in [6.07, 6.45) is 0.945. The Labute approximate surface area is 158 Å². The van der Waals surface area contributed by atoms with Crippen LogP contribution in [0, 0.1) is 6.92 Å². The van der Waals surface area contributed by atoms with Crippen LogP contribution in [0.25, 0.3) is 10.9 Å². The molecule has 2 aliphatic rings. The Morgan fingerprint density at radius 2 is 1.96 bits per heavy atom. The molecule has 5 nitrogen and oxygen atoms in total. The van der Waals surface area contributed by atoms with Gasteiger partial charge in [0, 0.05) is 29.9 Å². The highest BCUT2D eigenvalue weighted by Crippen LogP contribution is 2.40. The van der Waals surface area contributed by atoms with Gasteiger partial charge in [0.05, 0.1) is 17.7 Å². The van der Waals surface area contributed by atoms with Crippen molar-refractivity contribution in [1.29, 1.82) is 0 Å². The zero-order valence-electron chi connectivity index (χ0n) is 15.2. The summed E-state index contributed by atoms with van der Waals surface area (Å²) in [7, 11) is 0. The molecule has 2 N–H and O–H groups in total. The van der Waals surface area contributed by atoms with E-state index in [1.807, 2.05) is 18.2 Å². The Morgan fingerprint density at radius 1 is 1.23 bits per heavy atom. The second kappa shape index (κ2) is 6.34. The monoisotopic (exact) mass is 376 g/mol. The fourth-order valence-corrected chi connectivity index (χ4v) is 4.46. The lowest BCUT2D eigenvalue weighted by Crippen LogP contribution is -2.64. The van der Waals surface area contributed by atoms with E-state index in [4.69, 9.17) is 21.3 Å². The number of fused-ring (bicyclic) bond motifs is 1. The van der Waals surface area contributed by atoms with Crippen molar-refractivity contribution in [2.75, 3.05) is 24.6 Å². The SMILES string of the molecule is Cc1cc(N2CCC3(CC2)OCC[C@@](C)(O)[C@@H]3O)nc2ccc(Cl)cc12. The zero-order valence-corrected chi connectivity index (χ0v) is 16.0. The van der Waals surface area contributed by atoms with Crippen molar-refractivity contribution in [3.63, 3.8) is 0 Å². The normalized spacial score (nSPS) is 28.7. The molecular formula is C20H25ClN2O3. The predicted molar refractivity (Wildman–Crippen MR) is 103 cm³/mol. The van der Waals surface area contributed by atoms with Gasteiger partial charge in [-0.1, -0.05) is 11.6 Å². The maximum absolute atomic E-state index is 10.7. The van der Waals surface area contributed by atoms with Gasteiger partial charge in [0.1, 0.15) is 17.5 Å². The third kappa shape index (κ3) is 2.97. The highest BCUT2D eigenvalue weighted by molar-refractivity contribution is 6.31. The minimum absolute atomic E-state index is 0.466. The number of benzene rings is 1. The van der Waals surface area contributed by atoms with Crippen molar-refractivity contribution >= 4 is 28.3 Å². The number of halogens is 1. The molecule has 140 valence electrons. The Balaban J connectivity index is 1.57. The minimum atomic E-state index is -1.09. The van der Waals surface area contributed by atoms with E-state index in [1.54, 1.807) is 6.92 Å². The number of aryl methyl sites for hydroxylation is 1. The first kappa shape index (κ1) is 18.0. The number of anilines is 1. The van der Waals surface area contributed by atoms with Gasteiger partial charge in [0.15, 0.2) is 0 Å². The van der Waals surface area contributed by atoms with E-state index in [9.17, 15) is 10.2 Å².